The molecule has 0 aliphatic rings. The number of anilines is 4. The number of carbonyl (C=O) groups is 1. The molecule has 1 aromatic heterocycles. The number of nitrogens with two attached hydrogens (primary N) is 1. The lowest BCUT2D eigenvalue weighted by Gasteiger charge is -2.13. The molecule has 0 fully saturated rings. The minimum atomic E-state index is -0.175. The fourth-order valence-electron chi connectivity index (χ4n) is 3.19. The lowest BCUT2D eigenvalue weighted by molar-refractivity contribution is 0.0511. The number of hydrogen-bond acceptors (Lipinski definition) is 10. The van der Waals surface area contributed by atoms with E-state index in [-0.39, 0.29) is 11.9 Å². The van der Waals surface area contributed by atoms with Crippen molar-refractivity contribution in [1.82, 2.24) is 20.3 Å². The van der Waals surface area contributed by atoms with Crippen LogP contribution in [0.4, 0.5) is 23.5 Å². The molecule has 198 valence electrons. The van der Waals surface area contributed by atoms with Gasteiger partial charge >= 0.3 is 0 Å². The monoisotopic (exact) mass is 508 g/mol. The van der Waals surface area contributed by atoms with Crippen LogP contribution in [0.25, 0.3) is 0 Å². The number of hydrogen-bond donors (Lipinski definition) is 5. The average molecular weight is 509 g/mol. The number of rotatable bonds is 16. The molecule has 11 heteroatoms. The molecule has 0 atom stereocenters. The lowest BCUT2D eigenvalue weighted by Crippen LogP contribution is -2.27. The fourth-order valence-corrected chi connectivity index (χ4v) is 3.19. The van der Waals surface area contributed by atoms with Crippen LogP contribution in [-0.4, -0.2) is 66.4 Å². The van der Waals surface area contributed by atoms with Crippen molar-refractivity contribution in [2.75, 3.05) is 55.5 Å². The van der Waals surface area contributed by atoms with Gasteiger partial charge in [-0.2, -0.15) is 15.0 Å². The van der Waals surface area contributed by atoms with Gasteiger partial charge in [-0.1, -0.05) is 30.3 Å². The first kappa shape index (κ1) is 27.8. The molecule has 0 radical (unpaired) electrons. The molecule has 6 N–H and O–H groups in total. The van der Waals surface area contributed by atoms with Crippen LogP contribution < -0.4 is 27.0 Å². The van der Waals surface area contributed by atoms with E-state index in [0.29, 0.717) is 69.5 Å². The number of nitrogens with zero attached hydrogens (tertiary/aromatic N) is 3. The van der Waals surface area contributed by atoms with E-state index in [1.807, 2.05) is 44.2 Å². The van der Waals surface area contributed by atoms with Crippen LogP contribution in [-0.2, 0) is 16.0 Å². The minimum Gasteiger partial charge on any atom is -0.378 e. The first-order chi connectivity index (χ1) is 18.0. The summed E-state index contributed by atoms with van der Waals surface area (Å²) in [4.78, 5) is 25.8. The van der Waals surface area contributed by atoms with Crippen molar-refractivity contribution in [3.8, 4) is 0 Å². The Bertz CT molecular complexity index is 1080. The third-order valence-electron chi connectivity index (χ3n) is 4.92. The molecular formula is C26H36N8O3. The highest BCUT2D eigenvalue weighted by atomic mass is 16.5. The van der Waals surface area contributed by atoms with E-state index in [0.717, 1.165) is 11.3 Å². The summed E-state index contributed by atoms with van der Waals surface area (Å²) in [5.41, 5.74) is 7.76. The van der Waals surface area contributed by atoms with E-state index in [9.17, 15) is 4.79 Å². The number of aromatic nitrogens is 3. The second kappa shape index (κ2) is 15.3. The van der Waals surface area contributed by atoms with E-state index in [1.54, 1.807) is 24.3 Å². The van der Waals surface area contributed by atoms with Crippen LogP contribution in [0, 0.1) is 0 Å². The van der Waals surface area contributed by atoms with Crippen molar-refractivity contribution in [2.24, 2.45) is 5.73 Å². The summed E-state index contributed by atoms with van der Waals surface area (Å²) in [6.07, 6.45) is 0. The van der Waals surface area contributed by atoms with Gasteiger partial charge in [0.05, 0.1) is 26.4 Å². The zero-order chi connectivity index (χ0) is 26.3. The molecule has 0 bridgehead atoms. The lowest BCUT2D eigenvalue weighted by atomic mass is 10.2. The van der Waals surface area contributed by atoms with Crippen LogP contribution >= 0.6 is 0 Å². The van der Waals surface area contributed by atoms with Crippen LogP contribution in [0.2, 0.25) is 0 Å². The first-order valence-corrected chi connectivity index (χ1v) is 12.3. The van der Waals surface area contributed by atoms with E-state index in [4.69, 9.17) is 15.2 Å². The van der Waals surface area contributed by atoms with Gasteiger partial charge in [-0.05, 0) is 43.7 Å². The van der Waals surface area contributed by atoms with Gasteiger partial charge in [0, 0.05) is 36.9 Å². The van der Waals surface area contributed by atoms with Gasteiger partial charge in [0.25, 0.3) is 5.91 Å². The second-order valence-corrected chi connectivity index (χ2v) is 8.42. The van der Waals surface area contributed by atoms with Gasteiger partial charge in [-0.3, -0.25) is 4.79 Å². The predicted octanol–water partition coefficient (Wildman–Crippen LogP) is 2.77. The molecule has 1 heterocycles. The summed E-state index contributed by atoms with van der Waals surface area (Å²) < 4.78 is 10.6. The van der Waals surface area contributed by atoms with E-state index in [2.05, 4.69) is 36.2 Å². The molecule has 37 heavy (non-hydrogen) atoms. The SMILES string of the molecule is CC(C)Nc1nc(NCc2ccccc2)nc(Nc2ccc(C(=O)NCCOCCOCCN)cc2)n1. The van der Waals surface area contributed by atoms with Crippen molar-refractivity contribution >= 4 is 29.4 Å². The molecule has 3 rings (SSSR count). The van der Waals surface area contributed by atoms with Crippen LogP contribution in [0.1, 0.15) is 29.8 Å². The molecule has 0 aliphatic carbocycles. The minimum absolute atomic E-state index is 0.157. The Hall–Kier alpha value is -3.80. The summed E-state index contributed by atoms with van der Waals surface area (Å²) in [6, 6.07) is 17.3. The number of ether oxygens (including phenoxy) is 2. The summed E-state index contributed by atoms with van der Waals surface area (Å²) in [7, 11) is 0. The van der Waals surface area contributed by atoms with Gasteiger partial charge in [0.2, 0.25) is 17.8 Å². The van der Waals surface area contributed by atoms with Crippen LogP contribution in [0.3, 0.4) is 0 Å². The molecule has 0 saturated carbocycles. The predicted molar refractivity (Wildman–Crippen MR) is 145 cm³/mol. The smallest absolute Gasteiger partial charge is 0.251 e. The zero-order valence-corrected chi connectivity index (χ0v) is 21.4. The van der Waals surface area contributed by atoms with Gasteiger partial charge in [-0.25, -0.2) is 0 Å². The third-order valence-corrected chi connectivity index (χ3v) is 4.92. The highest BCUT2D eigenvalue weighted by molar-refractivity contribution is 5.94. The van der Waals surface area contributed by atoms with Crippen LogP contribution in [0.5, 0.6) is 0 Å². The third kappa shape index (κ3) is 10.4. The standard InChI is InChI=1S/C26H36N8O3/c1-19(2)30-25-32-24(29-18-20-6-4-3-5-7-20)33-26(34-25)31-22-10-8-21(9-11-22)23(35)28-13-15-37-17-16-36-14-12-27/h3-11,19H,12-18,27H2,1-2H3,(H,28,35)(H3,29,30,31,32,33,34). The first-order valence-electron chi connectivity index (χ1n) is 12.3. The second-order valence-electron chi connectivity index (χ2n) is 8.42. The molecule has 11 nitrogen and oxygen atoms in total. The maximum Gasteiger partial charge on any atom is 0.251 e. The Morgan fingerprint density at radius 3 is 2.24 bits per heavy atom. The summed E-state index contributed by atoms with van der Waals surface area (Å²) in [6.45, 7) is 7.39. The van der Waals surface area contributed by atoms with Crippen molar-refractivity contribution in [1.29, 1.82) is 0 Å². The van der Waals surface area contributed by atoms with E-state index < -0.39 is 0 Å². The normalized spacial score (nSPS) is 10.8. The fraction of sp³-hybridized carbons (Fsp3) is 0.385. The number of nitrogens with one attached hydrogen (secondary N) is 4. The highest BCUT2D eigenvalue weighted by Gasteiger charge is 2.10. The van der Waals surface area contributed by atoms with Crippen molar-refractivity contribution in [3.63, 3.8) is 0 Å². The Kier molecular flexibility index (Phi) is 11.5. The molecular weight excluding hydrogens is 472 g/mol. The van der Waals surface area contributed by atoms with E-state index >= 15 is 0 Å². The Labute approximate surface area is 217 Å². The summed E-state index contributed by atoms with van der Waals surface area (Å²) in [5, 5.41) is 12.5. The number of carbonyl (C=O) groups excluding carboxylic acids is 1. The Morgan fingerprint density at radius 1 is 0.865 bits per heavy atom. The average Bonchev–Trinajstić information content (AvgIpc) is 2.89. The number of benzene rings is 2. The Morgan fingerprint density at radius 2 is 1.54 bits per heavy atom. The van der Waals surface area contributed by atoms with Crippen molar-refractivity contribution in [2.45, 2.75) is 26.4 Å². The molecule has 0 saturated heterocycles. The zero-order valence-electron chi connectivity index (χ0n) is 21.4. The van der Waals surface area contributed by atoms with Gasteiger partial charge in [-0.15, -0.1) is 0 Å². The molecule has 0 spiro atoms. The molecule has 2 aromatic carbocycles. The maximum absolute atomic E-state index is 12.4. The molecule has 3 aromatic rings. The number of amides is 1. The van der Waals surface area contributed by atoms with E-state index in [1.165, 1.54) is 0 Å². The highest BCUT2D eigenvalue weighted by Crippen LogP contribution is 2.17. The summed E-state index contributed by atoms with van der Waals surface area (Å²) in [5.74, 6) is 1.13. The molecule has 0 unspecified atom stereocenters. The topological polar surface area (TPSA) is 148 Å². The van der Waals surface area contributed by atoms with Gasteiger partial charge < -0.3 is 36.5 Å². The largest absolute Gasteiger partial charge is 0.378 e. The molecule has 1 amide bonds. The van der Waals surface area contributed by atoms with Crippen molar-refractivity contribution in [3.05, 3.63) is 65.7 Å². The Balaban J connectivity index is 1.54. The molecule has 0 aliphatic heterocycles. The maximum atomic E-state index is 12.4. The quantitative estimate of drug-likeness (QED) is 0.183. The van der Waals surface area contributed by atoms with Crippen LogP contribution in [0.15, 0.2) is 54.6 Å². The van der Waals surface area contributed by atoms with Gasteiger partial charge in [0.15, 0.2) is 0 Å². The summed E-state index contributed by atoms with van der Waals surface area (Å²) >= 11 is 0. The van der Waals surface area contributed by atoms with Gasteiger partial charge in [0.1, 0.15) is 0 Å². The van der Waals surface area contributed by atoms with Crippen molar-refractivity contribution < 1.29 is 14.3 Å².